The summed E-state index contributed by atoms with van der Waals surface area (Å²) >= 11 is 0. The number of carbonyl (C=O) groups is 1. The maximum atomic E-state index is 11.9. The van der Waals surface area contributed by atoms with E-state index in [4.69, 9.17) is 4.74 Å². The van der Waals surface area contributed by atoms with Crippen LogP contribution in [0.15, 0.2) is 24.3 Å². The summed E-state index contributed by atoms with van der Waals surface area (Å²) in [5.74, 6) is 0.104. The van der Waals surface area contributed by atoms with Gasteiger partial charge in [0, 0.05) is 12.2 Å². The Kier molecular flexibility index (Phi) is 5.53. The molecule has 1 N–H and O–H groups in total. The van der Waals surface area contributed by atoms with Crippen molar-refractivity contribution in [2.24, 2.45) is 5.92 Å². The minimum Gasteiger partial charge on any atom is -0.462 e. The van der Waals surface area contributed by atoms with Crippen LogP contribution in [0.4, 0.5) is 5.69 Å². The van der Waals surface area contributed by atoms with Crippen molar-refractivity contribution in [3.05, 3.63) is 29.8 Å². The van der Waals surface area contributed by atoms with E-state index in [1.54, 1.807) is 6.07 Å². The van der Waals surface area contributed by atoms with Gasteiger partial charge >= 0.3 is 5.97 Å². The number of rotatable bonds is 6. The number of anilines is 1. The van der Waals surface area contributed by atoms with Crippen LogP contribution >= 0.6 is 0 Å². The van der Waals surface area contributed by atoms with Crippen molar-refractivity contribution in [1.82, 2.24) is 0 Å². The van der Waals surface area contributed by atoms with E-state index < -0.39 is 0 Å². The topological polar surface area (TPSA) is 38.3 Å². The van der Waals surface area contributed by atoms with Gasteiger partial charge in [0.1, 0.15) is 0 Å². The molecule has 0 heterocycles. The lowest BCUT2D eigenvalue weighted by Gasteiger charge is -2.12. The molecule has 0 bridgehead atoms. The van der Waals surface area contributed by atoms with E-state index in [1.807, 2.05) is 32.0 Å². The Balaban J connectivity index is 2.70. The standard InChI is InChI=1S/C14H21NO2/c1-4-9-15-13-8-6-5-7-12(13)14(16)17-10-11(2)3/h5-8,11,15H,4,9-10H2,1-3H3. The van der Waals surface area contributed by atoms with Crippen LogP contribution < -0.4 is 5.32 Å². The van der Waals surface area contributed by atoms with E-state index in [0.29, 0.717) is 18.1 Å². The molecule has 3 heteroatoms. The zero-order valence-corrected chi connectivity index (χ0v) is 10.8. The molecule has 1 aromatic rings. The van der Waals surface area contributed by atoms with E-state index in [1.165, 1.54) is 0 Å². The minimum atomic E-state index is -0.252. The van der Waals surface area contributed by atoms with Crippen molar-refractivity contribution >= 4 is 11.7 Å². The van der Waals surface area contributed by atoms with Gasteiger partial charge in [-0.1, -0.05) is 32.9 Å². The molecule has 0 unspecified atom stereocenters. The molecule has 0 atom stereocenters. The molecule has 1 aromatic carbocycles. The van der Waals surface area contributed by atoms with Crippen LogP contribution in [0.3, 0.4) is 0 Å². The molecular formula is C14H21NO2. The molecule has 0 aromatic heterocycles. The van der Waals surface area contributed by atoms with E-state index in [-0.39, 0.29) is 5.97 Å². The smallest absolute Gasteiger partial charge is 0.340 e. The first kappa shape index (κ1) is 13.6. The van der Waals surface area contributed by atoms with Crippen molar-refractivity contribution in [3.63, 3.8) is 0 Å². The molecule has 3 nitrogen and oxygen atoms in total. The van der Waals surface area contributed by atoms with Crippen molar-refractivity contribution in [3.8, 4) is 0 Å². The molecule has 0 saturated carbocycles. The summed E-state index contributed by atoms with van der Waals surface area (Å²) in [5.41, 5.74) is 1.46. The first-order valence-corrected chi connectivity index (χ1v) is 6.15. The van der Waals surface area contributed by atoms with Crippen LogP contribution in [-0.2, 0) is 4.74 Å². The fourth-order valence-electron chi connectivity index (χ4n) is 1.40. The van der Waals surface area contributed by atoms with Crippen LogP contribution in [0.5, 0.6) is 0 Å². The Hall–Kier alpha value is -1.51. The lowest BCUT2D eigenvalue weighted by atomic mass is 10.1. The van der Waals surface area contributed by atoms with Crippen LogP contribution in [0.25, 0.3) is 0 Å². The lowest BCUT2D eigenvalue weighted by Crippen LogP contribution is -2.13. The Bertz CT molecular complexity index is 361. The number of nitrogens with one attached hydrogen (secondary N) is 1. The van der Waals surface area contributed by atoms with Gasteiger partial charge in [0.15, 0.2) is 0 Å². The van der Waals surface area contributed by atoms with Gasteiger partial charge in [-0.25, -0.2) is 4.79 Å². The Morgan fingerprint density at radius 3 is 2.71 bits per heavy atom. The third-order valence-electron chi connectivity index (χ3n) is 2.26. The van der Waals surface area contributed by atoms with Gasteiger partial charge < -0.3 is 10.1 Å². The summed E-state index contributed by atoms with van der Waals surface area (Å²) in [5, 5.41) is 3.23. The highest BCUT2D eigenvalue weighted by atomic mass is 16.5. The van der Waals surface area contributed by atoms with Gasteiger partial charge in [-0.15, -0.1) is 0 Å². The largest absolute Gasteiger partial charge is 0.462 e. The van der Waals surface area contributed by atoms with Gasteiger partial charge in [0.25, 0.3) is 0 Å². The second kappa shape index (κ2) is 6.94. The molecule has 0 aliphatic carbocycles. The number of carbonyl (C=O) groups excluding carboxylic acids is 1. The average molecular weight is 235 g/mol. The summed E-state index contributed by atoms with van der Waals surface area (Å²) < 4.78 is 5.23. The third-order valence-corrected chi connectivity index (χ3v) is 2.26. The molecule has 0 spiro atoms. The molecule has 94 valence electrons. The van der Waals surface area contributed by atoms with E-state index in [0.717, 1.165) is 18.7 Å². The molecule has 0 fully saturated rings. The number of para-hydroxylation sites is 1. The number of hydrogen-bond donors (Lipinski definition) is 1. The number of esters is 1. The van der Waals surface area contributed by atoms with Crippen LogP contribution in [0, 0.1) is 5.92 Å². The molecule has 0 radical (unpaired) electrons. The van der Waals surface area contributed by atoms with Crippen LogP contribution in [-0.4, -0.2) is 19.1 Å². The summed E-state index contributed by atoms with van der Waals surface area (Å²) in [7, 11) is 0. The summed E-state index contributed by atoms with van der Waals surface area (Å²) in [6.07, 6.45) is 1.02. The predicted molar refractivity (Wildman–Crippen MR) is 70.3 cm³/mol. The van der Waals surface area contributed by atoms with Gasteiger partial charge in [-0.2, -0.15) is 0 Å². The summed E-state index contributed by atoms with van der Waals surface area (Å²) in [6, 6.07) is 7.46. The third kappa shape index (κ3) is 4.47. The van der Waals surface area contributed by atoms with Crippen LogP contribution in [0.2, 0.25) is 0 Å². The summed E-state index contributed by atoms with van der Waals surface area (Å²) in [6.45, 7) is 7.45. The SMILES string of the molecule is CCCNc1ccccc1C(=O)OCC(C)C. The van der Waals surface area contributed by atoms with Crippen molar-refractivity contribution in [1.29, 1.82) is 0 Å². The van der Waals surface area contributed by atoms with Gasteiger partial charge in [-0.3, -0.25) is 0 Å². The Labute approximate surface area is 103 Å². The first-order chi connectivity index (χ1) is 8.15. The monoisotopic (exact) mass is 235 g/mol. The Morgan fingerprint density at radius 2 is 2.06 bits per heavy atom. The van der Waals surface area contributed by atoms with Gasteiger partial charge in [0.05, 0.1) is 12.2 Å². The quantitative estimate of drug-likeness (QED) is 0.769. The van der Waals surface area contributed by atoms with Crippen molar-refractivity contribution < 1.29 is 9.53 Å². The van der Waals surface area contributed by atoms with E-state index in [2.05, 4.69) is 12.2 Å². The second-order valence-electron chi connectivity index (χ2n) is 4.46. The second-order valence-corrected chi connectivity index (χ2v) is 4.46. The fourth-order valence-corrected chi connectivity index (χ4v) is 1.40. The molecular weight excluding hydrogens is 214 g/mol. The minimum absolute atomic E-state index is 0.252. The predicted octanol–water partition coefficient (Wildman–Crippen LogP) is 3.32. The normalized spacial score (nSPS) is 10.4. The van der Waals surface area contributed by atoms with E-state index in [9.17, 15) is 4.79 Å². The van der Waals surface area contributed by atoms with Crippen LogP contribution in [0.1, 0.15) is 37.6 Å². The summed E-state index contributed by atoms with van der Waals surface area (Å²) in [4.78, 5) is 11.9. The maximum absolute atomic E-state index is 11.9. The zero-order chi connectivity index (χ0) is 12.7. The van der Waals surface area contributed by atoms with Crippen molar-refractivity contribution in [2.75, 3.05) is 18.5 Å². The number of ether oxygens (including phenoxy) is 1. The number of hydrogen-bond acceptors (Lipinski definition) is 3. The molecule has 0 aliphatic rings. The fraction of sp³-hybridized carbons (Fsp3) is 0.500. The van der Waals surface area contributed by atoms with Gasteiger partial charge in [-0.05, 0) is 24.5 Å². The highest BCUT2D eigenvalue weighted by Gasteiger charge is 2.12. The Morgan fingerprint density at radius 1 is 1.35 bits per heavy atom. The highest BCUT2D eigenvalue weighted by molar-refractivity contribution is 5.95. The average Bonchev–Trinajstić information content (AvgIpc) is 2.33. The number of benzene rings is 1. The van der Waals surface area contributed by atoms with Gasteiger partial charge in [0.2, 0.25) is 0 Å². The maximum Gasteiger partial charge on any atom is 0.340 e. The highest BCUT2D eigenvalue weighted by Crippen LogP contribution is 2.16. The molecule has 0 aliphatic heterocycles. The molecule has 17 heavy (non-hydrogen) atoms. The zero-order valence-electron chi connectivity index (χ0n) is 10.8. The van der Waals surface area contributed by atoms with E-state index >= 15 is 0 Å². The van der Waals surface area contributed by atoms with Crippen molar-refractivity contribution in [2.45, 2.75) is 27.2 Å². The first-order valence-electron chi connectivity index (χ1n) is 6.15. The molecule has 1 rings (SSSR count). The molecule has 0 amide bonds. The lowest BCUT2D eigenvalue weighted by molar-refractivity contribution is 0.0460. The molecule has 0 saturated heterocycles.